The smallest absolute Gasteiger partial charge is 0.262 e. The number of nitrogens with zero attached hydrogens (tertiary/aromatic N) is 1. The minimum Gasteiger partial charge on any atom is -0.352 e. The van der Waals surface area contributed by atoms with E-state index < -0.39 is 11.8 Å². The summed E-state index contributed by atoms with van der Waals surface area (Å²) in [6.45, 7) is 8.19. The monoisotopic (exact) mass is 343 g/mol. The lowest BCUT2D eigenvalue weighted by molar-refractivity contribution is -0.122. The molecule has 0 aromatic heterocycles. The van der Waals surface area contributed by atoms with Crippen molar-refractivity contribution < 1.29 is 14.4 Å². The highest BCUT2D eigenvalue weighted by Crippen LogP contribution is 2.28. The van der Waals surface area contributed by atoms with E-state index in [1.807, 2.05) is 0 Å². The third-order valence-electron chi connectivity index (χ3n) is 4.74. The quantitative estimate of drug-likeness (QED) is 0.819. The van der Waals surface area contributed by atoms with Gasteiger partial charge in [0.25, 0.3) is 11.8 Å². The fourth-order valence-corrected chi connectivity index (χ4v) is 4.22. The van der Waals surface area contributed by atoms with Crippen LogP contribution in [0.1, 0.15) is 61.3 Å². The summed E-state index contributed by atoms with van der Waals surface area (Å²) in [4.78, 5) is 38.2. The normalized spacial score (nSPS) is 22.0. The van der Waals surface area contributed by atoms with E-state index >= 15 is 0 Å². The Morgan fingerprint density at radius 3 is 2.04 bits per heavy atom. The number of carbonyl (C=O) groups is 3. The summed E-state index contributed by atoms with van der Waals surface area (Å²) in [6.07, 6.45) is 1.59. The summed E-state index contributed by atoms with van der Waals surface area (Å²) in [6, 6.07) is 6.67. The van der Waals surface area contributed by atoms with Crippen molar-refractivity contribution in [2.24, 2.45) is 0 Å². The Morgan fingerprint density at radius 1 is 1.08 bits per heavy atom. The van der Waals surface area contributed by atoms with Crippen molar-refractivity contribution in [3.8, 4) is 0 Å². The van der Waals surface area contributed by atoms with Crippen molar-refractivity contribution in [3.05, 3.63) is 35.4 Å². The van der Waals surface area contributed by atoms with Crippen LogP contribution in [0.3, 0.4) is 0 Å². The molecule has 1 saturated heterocycles. The number of rotatable bonds is 3. The molecular weight excluding hydrogens is 318 g/mol. The summed E-state index contributed by atoms with van der Waals surface area (Å²) in [7, 11) is 0. The lowest BCUT2D eigenvalue weighted by atomic mass is 9.79. The molecule has 2 N–H and O–H groups in total. The predicted octanol–water partition coefficient (Wildman–Crippen LogP) is 1.71. The zero-order valence-corrected chi connectivity index (χ0v) is 15.2. The topological polar surface area (TPSA) is 78.5 Å². The highest BCUT2D eigenvalue weighted by atomic mass is 16.2. The minimum absolute atomic E-state index is 0.00827. The lowest BCUT2D eigenvalue weighted by Crippen LogP contribution is -2.62. The Balaban J connectivity index is 1.66. The van der Waals surface area contributed by atoms with Gasteiger partial charge >= 0.3 is 0 Å². The van der Waals surface area contributed by atoms with Crippen LogP contribution < -0.4 is 10.6 Å². The van der Waals surface area contributed by atoms with Gasteiger partial charge in [-0.1, -0.05) is 12.1 Å². The number of fused-ring (bicyclic) bond motifs is 1. The van der Waals surface area contributed by atoms with Crippen molar-refractivity contribution in [2.45, 2.75) is 57.7 Å². The molecule has 0 saturated carbocycles. The second kappa shape index (κ2) is 5.95. The number of amides is 3. The van der Waals surface area contributed by atoms with Crippen LogP contribution in [0.25, 0.3) is 0 Å². The number of hydrogen-bond acceptors (Lipinski definition) is 4. The van der Waals surface area contributed by atoms with Crippen LogP contribution in [0, 0.1) is 0 Å². The van der Waals surface area contributed by atoms with Crippen molar-refractivity contribution in [1.29, 1.82) is 0 Å². The molecule has 1 aromatic carbocycles. The van der Waals surface area contributed by atoms with Crippen LogP contribution in [0.15, 0.2) is 24.3 Å². The van der Waals surface area contributed by atoms with Crippen molar-refractivity contribution >= 4 is 17.7 Å². The Kier molecular flexibility index (Phi) is 4.19. The van der Waals surface area contributed by atoms with Crippen molar-refractivity contribution in [3.63, 3.8) is 0 Å². The van der Waals surface area contributed by atoms with Gasteiger partial charge in [0, 0.05) is 17.1 Å². The van der Waals surface area contributed by atoms with E-state index in [1.54, 1.807) is 24.3 Å². The molecule has 3 rings (SSSR count). The zero-order chi connectivity index (χ0) is 18.4. The molecule has 0 spiro atoms. The van der Waals surface area contributed by atoms with Gasteiger partial charge in [-0.25, -0.2) is 0 Å². The van der Waals surface area contributed by atoms with Gasteiger partial charge in [0.2, 0.25) is 5.91 Å². The summed E-state index contributed by atoms with van der Waals surface area (Å²) in [5.74, 6) is -1.10. The summed E-state index contributed by atoms with van der Waals surface area (Å²) >= 11 is 0. The molecular formula is C19H25N3O3. The number of imide groups is 1. The molecule has 134 valence electrons. The van der Waals surface area contributed by atoms with Crippen LogP contribution in [-0.2, 0) is 4.79 Å². The average molecular weight is 343 g/mol. The SMILES string of the molecule is CC1(C)CC(NC(=O)CN2C(=O)c3ccccc3C2=O)CC(C)(C)N1. The first-order valence-corrected chi connectivity index (χ1v) is 8.62. The van der Waals surface area contributed by atoms with Crippen molar-refractivity contribution in [1.82, 2.24) is 15.5 Å². The summed E-state index contributed by atoms with van der Waals surface area (Å²) < 4.78 is 0. The van der Waals surface area contributed by atoms with Gasteiger partial charge in [0.1, 0.15) is 6.54 Å². The average Bonchev–Trinajstić information content (AvgIpc) is 2.69. The number of benzene rings is 1. The molecule has 25 heavy (non-hydrogen) atoms. The maximum atomic E-state index is 12.5. The second-order valence-corrected chi connectivity index (χ2v) is 8.31. The lowest BCUT2D eigenvalue weighted by Gasteiger charge is -2.46. The molecule has 2 aliphatic rings. The Hall–Kier alpha value is -2.21. The fraction of sp³-hybridized carbons (Fsp3) is 0.526. The first kappa shape index (κ1) is 17.6. The van der Waals surface area contributed by atoms with Gasteiger partial charge in [-0.05, 0) is 52.7 Å². The molecule has 2 heterocycles. The van der Waals surface area contributed by atoms with E-state index in [1.165, 1.54) is 0 Å². The molecule has 6 nitrogen and oxygen atoms in total. The van der Waals surface area contributed by atoms with Crippen LogP contribution in [0.4, 0.5) is 0 Å². The highest BCUT2D eigenvalue weighted by Gasteiger charge is 2.40. The van der Waals surface area contributed by atoms with E-state index in [2.05, 4.69) is 38.3 Å². The van der Waals surface area contributed by atoms with E-state index in [0.29, 0.717) is 11.1 Å². The molecule has 0 bridgehead atoms. The predicted molar refractivity (Wildman–Crippen MR) is 94.3 cm³/mol. The number of piperidine rings is 1. The molecule has 0 radical (unpaired) electrons. The zero-order valence-electron chi connectivity index (χ0n) is 15.2. The maximum Gasteiger partial charge on any atom is 0.262 e. The highest BCUT2D eigenvalue weighted by molar-refractivity contribution is 6.22. The van der Waals surface area contributed by atoms with Gasteiger partial charge in [-0.2, -0.15) is 0 Å². The van der Waals surface area contributed by atoms with E-state index in [4.69, 9.17) is 0 Å². The Bertz CT molecular complexity index is 688. The molecule has 0 aliphatic carbocycles. The minimum atomic E-state index is -0.401. The van der Waals surface area contributed by atoms with Crippen molar-refractivity contribution in [2.75, 3.05) is 6.54 Å². The van der Waals surface area contributed by atoms with Gasteiger partial charge in [0.15, 0.2) is 0 Å². The molecule has 1 aromatic rings. The van der Waals surface area contributed by atoms with E-state index in [9.17, 15) is 14.4 Å². The van der Waals surface area contributed by atoms with E-state index in [-0.39, 0.29) is 29.6 Å². The third-order valence-corrected chi connectivity index (χ3v) is 4.74. The van der Waals surface area contributed by atoms with E-state index in [0.717, 1.165) is 17.7 Å². The number of nitrogens with one attached hydrogen (secondary N) is 2. The van der Waals surface area contributed by atoms with Crippen LogP contribution in [-0.4, -0.2) is 46.3 Å². The van der Waals surface area contributed by atoms with Crippen LogP contribution in [0.5, 0.6) is 0 Å². The van der Waals surface area contributed by atoms with Gasteiger partial charge in [-0.3, -0.25) is 19.3 Å². The maximum absolute atomic E-state index is 12.5. The molecule has 3 amide bonds. The summed E-state index contributed by atoms with van der Waals surface area (Å²) in [5, 5.41) is 6.56. The molecule has 0 atom stereocenters. The van der Waals surface area contributed by atoms with Gasteiger partial charge in [-0.15, -0.1) is 0 Å². The fourth-order valence-electron chi connectivity index (χ4n) is 4.22. The van der Waals surface area contributed by atoms with Gasteiger partial charge in [0.05, 0.1) is 11.1 Å². The third kappa shape index (κ3) is 3.58. The number of hydrogen-bond donors (Lipinski definition) is 2. The Morgan fingerprint density at radius 2 is 1.56 bits per heavy atom. The first-order chi connectivity index (χ1) is 11.6. The van der Waals surface area contributed by atoms with Crippen LogP contribution in [0.2, 0.25) is 0 Å². The summed E-state index contributed by atoms with van der Waals surface area (Å²) in [5.41, 5.74) is 0.554. The number of carbonyl (C=O) groups excluding carboxylic acids is 3. The van der Waals surface area contributed by atoms with Gasteiger partial charge < -0.3 is 10.6 Å². The molecule has 2 aliphatic heterocycles. The molecule has 6 heteroatoms. The largest absolute Gasteiger partial charge is 0.352 e. The molecule has 0 unspecified atom stereocenters. The van der Waals surface area contributed by atoms with Crippen LogP contribution >= 0.6 is 0 Å². The first-order valence-electron chi connectivity index (χ1n) is 8.62. The second-order valence-electron chi connectivity index (χ2n) is 8.31. The molecule has 1 fully saturated rings. The standard InChI is InChI=1S/C19H25N3O3/c1-18(2)9-12(10-19(3,4)21-18)20-15(23)11-22-16(24)13-7-5-6-8-14(13)17(22)25/h5-8,12,21H,9-11H2,1-4H3,(H,20,23). The Labute approximate surface area is 148 Å².